The predicted molar refractivity (Wildman–Crippen MR) is 78.5 cm³/mol. The lowest BCUT2D eigenvalue weighted by Gasteiger charge is -2.14. The fourth-order valence-electron chi connectivity index (χ4n) is 2.01. The van der Waals surface area contributed by atoms with Gasteiger partial charge >= 0.3 is 0 Å². The number of para-hydroxylation sites is 2. The van der Waals surface area contributed by atoms with E-state index in [0.29, 0.717) is 11.5 Å². The zero-order chi connectivity index (χ0) is 15.1. The average Bonchev–Trinajstić information content (AvgIpc) is 2.98. The van der Waals surface area contributed by atoms with Crippen LogP contribution in [0.15, 0.2) is 47.3 Å². The van der Waals surface area contributed by atoms with Gasteiger partial charge in [-0.05, 0) is 37.1 Å². The Labute approximate surface area is 123 Å². The maximum atomic E-state index is 11.9. The van der Waals surface area contributed by atoms with Crippen LogP contribution in [0.1, 0.15) is 12.5 Å². The topological polar surface area (TPSA) is 60.7 Å². The van der Waals surface area contributed by atoms with Crippen LogP contribution in [-0.2, 0) is 11.2 Å². The van der Waals surface area contributed by atoms with Crippen molar-refractivity contribution in [1.29, 1.82) is 0 Å². The highest BCUT2D eigenvalue weighted by molar-refractivity contribution is 5.77. The molecule has 0 unspecified atom stereocenters. The van der Waals surface area contributed by atoms with Crippen LogP contribution in [0.3, 0.4) is 0 Å². The molecular formula is C16H19NO4. The van der Waals surface area contributed by atoms with Crippen LogP contribution in [-0.4, -0.2) is 25.7 Å². The first-order valence-corrected chi connectivity index (χ1v) is 6.75. The minimum absolute atomic E-state index is 0.0105. The highest BCUT2D eigenvalue weighted by Gasteiger charge is 2.11. The van der Waals surface area contributed by atoms with E-state index in [4.69, 9.17) is 13.9 Å². The van der Waals surface area contributed by atoms with Gasteiger partial charge in [0.25, 0.3) is 5.91 Å². The molecule has 5 nitrogen and oxygen atoms in total. The van der Waals surface area contributed by atoms with Gasteiger partial charge in [0.15, 0.2) is 18.1 Å². The number of hydrogen-bond acceptors (Lipinski definition) is 4. The van der Waals surface area contributed by atoms with Crippen LogP contribution >= 0.6 is 0 Å². The zero-order valence-corrected chi connectivity index (χ0v) is 12.2. The van der Waals surface area contributed by atoms with Crippen molar-refractivity contribution in [3.8, 4) is 11.5 Å². The van der Waals surface area contributed by atoms with Gasteiger partial charge in [0, 0.05) is 6.04 Å². The largest absolute Gasteiger partial charge is 0.493 e. The Hall–Kier alpha value is -2.43. The molecule has 0 radical (unpaired) electrons. The van der Waals surface area contributed by atoms with Crippen molar-refractivity contribution in [2.45, 2.75) is 19.4 Å². The van der Waals surface area contributed by atoms with E-state index in [1.54, 1.807) is 31.8 Å². The van der Waals surface area contributed by atoms with Crippen molar-refractivity contribution in [3.63, 3.8) is 0 Å². The van der Waals surface area contributed by atoms with E-state index in [0.717, 1.165) is 12.0 Å². The van der Waals surface area contributed by atoms with E-state index in [1.165, 1.54) is 0 Å². The standard InChI is InChI=1S/C16H19NO4/c1-12(9-13-7-8-20-10-13)17-16(18)11-21-15-6-4-3-5-14(15)19-2/h3-8,10,12H,9,11H2,1-2H3,(H,17,18)/t12-/m0/s1. The minimum Gasteiger partial charge on any atom is -0.493 e. The second-order valence-corrected chi connectivity index (χ2v) is 4.74. The Balaban J connectivity index is 1.79. The SMILES string of the molecule is COc1ccccc1OCC(=O)N[C@@H](C)Cc1ccoc1. The van der Waals surface area contributed by atoms with Crippen LogP contribution in [0.4, 0.5) is 0 Å². The first-order valence-electron chi connectivity index (χ1n) is 6.75. The molecule has 112 valence electrons. The number of carbonyl (C=O) groups excluding carboxylic acids is 1. The van der Waals surface area contributed by atoms with Crippen LogP contribution in [0.5, 0.6) is 11.5 Å². The number of benzene rings is 1. The molecule has 1 aromatic heterocycles. The number of amides is 1. The Morgan fingerprint density at radius 3 is 2.71 bits per heavy atom. The van der Waals surface area contributed by atoms with Gasteiger partial charge in [-0.25, -0.2) is 0 Å². The van der Waals surface area contributed by atoms with Crippen LogP contribution in [0, 0.1) is 0 Å². The summed E-state index contributed by atoms with van der Waals surface area (Å²) in [6.07, 6.45) is 4.01. The van der Waals surface area contributed by atoms with Crippen LogP contribution in [0.2, 0.25) is 0 Å². The van der Waals surface area contributed by atoms with E-state index in [1.807, 2.05) is 25.1 Å². The summed E-state index contributed by atoms with van der Waals surface area (Å²) >= 11 is 0. The van der Waals surface area contributed by atoms with Gasteiger partial charge in [-0.15, -0.1) is 0 Å². The van der Waals surface area contributed by atoms with Gasteiger partial charge < -0.3 is 19.2 Å². The quantitative estimate of drug-likeness (QED) is 0.850. The summed E-state index contributed by atoms with van der Waals surface area (Å²) in [7, 11) is 1.56. The molecule has 0 aliphatic carbocycles. The van der Waals surface area contributed by atoms with Crippen molar-refractivity contribution in [1.82, 2.24) is 5.32 Å². The summed E-state index contributed by atoms with van der Waals surface area (Å²) in [5.74, 6) is 0.992. The smallest absolute Gasteiger partial charge is 0.258 e. The van der Waals surface area contributed by atoms with Crippen molar-refractivity contribution in [2.75, 3.05) is 13.7 Å². The molecule has 0 aliphatic rings. The monoisotopic (exact) mass is 289 g/mol. The first kappa shape index (κ1) is 15.0. The molecule has 0 saturated heterocycles. The lowest BCUT2D eigenvalue weighted by Crippen LogP contribution is -2.37. The summed E-state index contributed by atoms with van der Waals surface area (Å²) in [4.78, 5) is 11.9. The second-order valence-electron chi connectivity index (χ2n) is 4.74. The third kappa shape index (κ3) is 4.56. The molecule has 2 aromatic rings. The lowest BCUT2D eigenvalue weighted by molar-refractivity contribution is -0.123. The van der Waals surface area contributed by atoms with Crippen LogP contribution < -0.4 is 14.8 Å². The summed E-state index contributed by atoms with van der Waals surface area (Å²) in [5, 5.41) is 2.88. The minimum atomic E-state index is -0.170. The predicted octanol–water partition coefficient (Wildman–Crippen LogP) is 2.41. The molecule has 5 heteroatoms. The summed E-state index contributed by atoms with van der Waals surface area (Å²) < 4.78 is 15.6. The van der Waals surface area contributed by atoms with Crippen molar-refractivity contribution >= 4 is 5.91 Å². The van der Waals surface area contributed by atoms with Gasteiger partial charge in [0.1, 0.15) is 0 Å². The number of nitrogens with one attached hydrogen (secondary N) is 1. The molecular weight excluding hydrogens is 270 g/mol. The fraction of sp³-hybridized carbons (Fsp3) is 0.312. The average molecular weight is 289 g/mol. The Kier molecular flexibility index (Phi) is 5.26. The molecule has 1 amide bonds. The summed E-state index contributed by atoms with van der Waals surface area (Å²) in [6.45, 7) is 1.89. The van der Waals surface area contributed by atoms with Gasteiger partial charge in [0.05, 0.1) is 19.6 Å². The second kappa shape index (κ2) is 7.38. The Morgan fingerprint density at radius 1 is 1.29 bits per heavy atom. The third-order valence-corrected chi connectivity index (χ3v) is 2.96. The fourth-order valence-corrected chi connectivity index (χ4v) is 2.01. The number of rotatable bonds is 7. The molecule has 0 saturated carbocycles. The normalized spacial score (nSPS) is 11.7. The maximum Gasteiger partial charge on any atom is 0.258 e. The molecule has 2 rings (SSSR count). The number of methoxy groups -OCH3 is 1. The molecule has 21 heavy (non-hydrogen) atoms. The van der Waals surface area contributed by atoms with E-state index in [2.05, 4.69) is 5.32 Å². The molecule has 1 aromatic carbocycles. The molecule has 1 heterocycles. The van der Waals surface area contributed by atoms with Gasteiger partial charge in [-0.1, -0.05) is 12.1 Å². The van der Waals surface area contributed by atoms with E-state index in [-0.39, 0.29) is 18.6 Å². The Bertz CT molecular complexity index is 565. The van der Waals surface area contributed by atoms with Crippen molar-refractivity contribution < 1.29 is 18.7 Å². The van der Waals surface area contributed by atoms with E-state index < -0.39 is 0 Å². The summed E-state index contributed by atoms with van der Waals surface area (Å²) in [5.41, 5.74) is 1.05. The number of carbonyl (C=O) groups is 1. The lowest BCUT2D eigenvalue weighted by atomic mass is 10.1. The van der Waals surface area contributed by atoms with E-state index in [9.17, 15) is 4.79 Å². The molecule has 0 spiro atoms. The number of hydrogen-bond donors (Lipinski definition) is 1. The molecule has 0 fully saturated rings. The first-order chi connectivity index (χ1) is 10.2. The third-order valence-electron chi connectivity index (χ3n) is 2.96. The molecule has 0 aliphatic heterocycles. The van der Waals surface area contributed by atoms with Crippen LogP contribution in [0.25, 0.3) is 0 Å². The Morgan fingerprint density at radius 2 is 2.05 bits per heavy atom. The zero-order valence-electron chi connectivity index (χ0n) is 12.2. The van der Waals surface area contributed by atoms with E-state index >= 15 is 0 Å². The highest BCUT2D eigenvalue weighted by Crippen LogP contribution is 2.25. The number of ether oxygens (including phenoxy) is 2. The van der Waals surface area contributed by atoms with Crippen molar-refractivity contribution in [2.24, 2.45) is 0 Å². The highest BCUT2D eigenvalue weighted by atomic mass is 16.5. The maximum absolute atomic E-state index is 11.9. The molecule has 1 atom stereocenters. The summed E-state index contributed by atoms with van der Waals surface area (Å²) in [6, 6.07) is 9.12. The van der Waals surface area contributed by atoms with Crippen molar-refractivity contribution in [3.05, 3.63) is 48.4 Å². The van der Waals surface area contributed by atoms with Gasteiger partial charge in [-0.3, -0.25) is 4.79 Å². The van der Waals surface area contributed by atoms with Gasteiger partial charge in [-0.2, -0.15) is 0 Å². The molecule has 1 N–H and O–H groups in total. The number of furan rings is 1. The van der Waals surface area contributed by atoms with Gasteiger partial charge in [0.2, 0.25) is 0 Å². The molecule has 0 bridgehead atoms.